The number of rotatable bonds is 8. The number of ether oxygens (including phenoxy) is 1. The predicted molar refractivity (Wildman–Crippen MR) is 127 cm³/mol. The minimum absolute atomic E-state index is 0. The Morgan fingerprint density at radius 1 is 1.27 bits per heavy atom. The van der Waals surface area contributed by atoms with Crippen LogP contribution in [-0.4, -0.2) is 49.8 Å². The van der Waals surface area contributed by atoms with E-state index >= 15 is 0 Å². The summed E-state index contributed by atoms with van der Waals surface area (Å²) < 4.78 is 10.8. The van der Waals surface area contributed by atoms with Crippen molar-refractivity contribution in [2.75, 3.05) is 37.7 Å². The molecule has 0 aliphatic carbocycles. The lowest BCUT2D eigenvalue weighted by molar-refractivity contribution is -0.121. The normalized spacial score (nSPS) is 15.5. The first-order chi connectivity index (χ1) is 14.0. The van der Waals surface area contributed by atoms with Crippen molar-refractivity contribution in [1.29, 1.82) is 0 Å². The number of nitrogens with one attached hydrogen (secondary N) is 2. The second-order valence-electron chi connectivity index (χ2n) is 7.03. The zero-order chi connectivity index (χ0) is 20.7. The van der Waals surface area contributed by atoms with E-state index in [9.17, 15) is 9.90 Å². The molecule has 9 heteroatoms. The topological polar surface area (TPSA) is 99.3 Å². The standard InChI is InChI=1S/C21H28N4O4.HI/c1-3-22-20(24-15-21(2,27)18-10-6-13-28-18)23-11-7-12-25-16-8-4-5-9-17(16)29-14-19(25)26;/h4-6,8-10,13,27H,3,7,11-12,14-15H2,1-2H3,(H2,22,23,24);1H. The van der Waals surface area contributed by atoms with Gasteiger partial charge >= 0.3 is 0 Å². The van der Waals surface area contributed by atoms with Gasteiger partial charge in [0.15, 0.2) is 12.6 Å². The van der Waals surface area contributed by atoms with Crippen molar-refractivity contribution in [2.24, 2.45) is 4.99 Å². The molecule has 1 aliphatic heterocycles. The Morgan fingerprint density at radius 3 is 2.80 bits per heavy atom. The third-order valence-electron chi connectivity index (χ3n) is 4.60. The number of benzene rings is 1. The fourth-order valence-electron chi connectivity index (χ4n) is 3.08. The number of halogens is 1. The molecule has 164 valence electrons. The Hall–Kier alpha value is -2.27. The van der Waals surface area contributed by atoms with Crippen LogP contribution < -0.4 is 20.3 Å². The highest BCUT2D eigenvalue weighted by Crippen LogP contribution is 2.31. The van der Waals surface area contributed by atoms with Crippen molar-refractivity contribution in [3.05, 3.63) is 48.4 Å². The number of carbonyl (C=O) groups excluding carboxylic acids is 1. The number of carbonyl (C=O) groups is 1. The first-order valence-electron chi connectivity index (χ1n) is 9.82. The number of aliphatic hydroxyl groups is 1. The Morgan fingerprint density at radius 2 is 2.07 bits per heavy atom. The van der Waals surface area contributed by atoms with Crippen LogP contribution in [0, 0.1) is 0 Å². The van der Waals surface area contributed by atoms with Crippen LogP contribution in [0.2, 0.25) is 0 Å². The molecule has 30 heavy (non-hydrogen) atoms. The minimum Gasteiger partial charge on any atom is -0.482 e. The maximum atomic E-state index is 12.2. The van der Waals surface area contributed by atoms with Crippen molar-refractivity contribution >= 4 is 41.5 Å². The number of para-hydroxylation sites is 2. The second-order valence-corrected chi connectivity index (χ2v) is 7.03. The number of furan rings is 1. The number of hydrogen-bond acceptors (Lipinski definition) is 5. The lowest BCUT2D eigenvalue weighted by Crippen LogP contribution is -2.42. The number of anilines is 1. The second kappa shape index (κ2) is 11.2. The Labute approximate surface area is 193 Å². The van der Waals surface area contributed by atoms with Gasteiger partial charge in [-0.1, -0.05) is 12.1 Å². The molecule has 0 bridgehead atoms. The van der Waals surface area contributed by atoms with Gasteiger partial charge in [0.05, 0.1) is 18.5 Å². The molecule has 0 radical (unpaired) electrons. The number of aliphatic imine (C=N–C) groups is 1. The largest absolute Gasteiger partial charge is 0.482 e. The quantitative estimate of drug-likeness (QED) is 0.211. The van der Waals surface area contributed by atoms with E-state index in [1.54, 1.807) is 24.0 Å². The summed E-state index contributed by atoms with van der Waals surface area (Å²) in [6.45, 7) is 5.77. The molecular weight excluding hydrogens is 499 g/mol. The van der Waals surface area contributed by atoms with Crippen molar-refractivity contribution < 1.29 is 19.1 Å². The van der Waals surface area contributed by atoms with Crippen LogP contribution in [0.25, 0.3) is 0 Å². The Kier molecular flexibility index (Phi) is 8.97. The highest BCUT2D eigenvalue weighted by molar-refractivity contribution is 14.0. The van der Waals surface area contributed by atoms with Gasteiger partial charge in [-0.25, -0.2) is 4.99 Å². The van der Waals surface area contributed by atoms with E-state index in [4.69, 9.17) is 9.15 Å². The highest BCUT2D eigenvalue weighted by atomic mass is 127. The predicted octanol–water partition coefficient (Wildman–Crippen LogP) is 2.48. The molecule has 0 saturated heterocycles. The summed E-state index contributed by atoms with van der Waals surface area (Å²) in [5.41, 5.74) is -0.380. The molecule has 1 aromatic carbocycles. The van der Waals surface area contributed by atoms with Gasteiger partial charge in [0.2, 0.25) is 0 Å². The first kappa shape index (κ1) is 24.0. The van der Waals surface area contributed by atoms with E-state index in [0.29, 0.717) is 31.4 Å². The molecule has 0 saturated carbocycles. The van der Waals surface area contributed by atoms with Crippen LogP contribution in [0.3, 0.4) is 0 Å². The lowest BCUT2D eigenvalue weighted by Gasteiger charge is -2.29. The van der Waals surface area contributed by atoms with Crippen molar-refractivity contribution in [3.63, 3.8) is 0 Å². The van der Waals surface area contributed by atoms with Gasteiger partial charge in [-0.3, -0.25) is 4.79 Å². The smallest absolute Gasteiger partial charge is 0.265 e. The summed E-state index contributed by atoms with van der Waals surface area (Å²) in [5, 5.41) is 16.9. The van der Waals surface area contributed by atoms with Crippen LogP contribution in [0.1, 0.15) is 26.0 Å². The number of fused-ring (bicyclic) bond motifs is 1. The van der Waals surface area contributed by atoms with Crippen LogP contribution >= 0.6 is 24.0 Å². The maximum absolute atomic E-state index is 12.2. The molecule has 1 unspecified atom stereocenters. The van der Waals surface area contributed by atoms with Gasteiger partial charge in [-0.05, 0) is 44.5 Å². The zero-order valence-corrected chi connectivity index (χ0v) is 19.6. The monoisotopic (exact) mass is 528 g/mol. The molecule has 1 amide bonds. The van der Waals surface area contributed by atoms with Gasteiger partial charge in [-0.2, -0.15) is 0 Å². The van der Waals surface area contributed by atoms with E-state index in [-0.39, 0.29) is 43.0 Å². The fraction of sp³-hybridized carbons (Fsp3) is 0.429. The fourth-order valence-corrected chi connectivity index (χ4v) is 3.08. The summed E-state index contributed by atoms with van der Waals surface area (Å²) in [6, 6.07) is 11.0. The van der Waals surface area contributed by atoms with Crippen LogP contribution in [0.15, 0.2) is 52.1 Å². The van der Waals surface area contributed by atoms with E-state index < -0.39 is 5.60 Å². The number of guanidine groups is 1. The number of hydrogen-bond donors (Lipinski definition) is 3. The third kappa shape index (κ3) is 6.11. The lowest BCUT2D eigenvalue weighted by atomic mass is 10.0. The van der Waals surface area contributed by atoms with E-state index in [2.05, 4.69) is 15.6 Å². The van der Waals surface area contributed by atoms with E-state index in [1.165, 1.54) is 6.26 Å². The highest BCUT2D eigenvalue weighted by Gasteiger charge is 2.26. The summed E-state index contributed by atoms with van der Waals surface area (Å²) in [7, 11) is 0. The molecule has 0 spiro atoms. The van der Waals surface area contributed by atoms with Gasteiger partial charge in [0.25, 0.3) is 5.91 Å². The molecule has 1 atom stereocenters. The van der Waals surface area contributed by atoms with Crippen molar-refractivity contribution in [3.8, 4) is 5.75 Å². The molecule has 2 aromatic rings. The molecule has 8 nitrogen and oxygen atoms in total. The molecule has 3 N–H and O–H groups in total. The van der Waals surface area contributed by atoms with Gasteiger partial charge in [0.1, 0.15) is 17.1 Å². The Bertz CT molecular complexity index is 839. The van der Waals surface area contributed by atoms with Crippen LogP contribution in [0.5, 0.6) is 5.75 Å². The molecule has 1 aliphatic rings. The van der Waals surface area contributed by atoms with Crippen molar-refractivity contribution in [1.82, 2.24) is 10.6 Å². The summed E-state index contributed by atoms with van der Waals surface area (Å²) >= 11 is 0. The minimum atomic E-state index is -1.18. The average Bonchev–Trinajstić information content (AvgIpc) is 3.26. The third-order valence-corrected chi connectivity index (χ3v) is 4.60. The SMILES string of the molecule is CCNC(=NCC(C)(O)c1ccco1)NCCCN1C(=O)COc2ccccc21.I. The number of amides is 1. The average molecular weight is 528 g/mol. The molecule has 3 rings (SSSR count). The number of nitrogens with zero attached hydrogens (tertiary/aromatic N) is 2. The maximum Gasteiger partial charge on any atom is 0.265 e. The summed E-state index contributed by atoms with van der Waals surface area (Å²) in [6.07, 6.45) is 2.26. The molecule has 0 fully saturated rings. The first-order valence-corrected chi connectivity index (χ1v) is 9.82. The summed E-state index contributed by atoms with van der Waals surface area (Å²) in [5.74, 6) is 1.77. The zero-order valence-electron chi connectivity index (χ0n) is 17.3. The molecular formula is C21H29IN4O4. The van der Waals surface area contributed by atoms with Crippen LogP contribution in [-0.2, 0) is 10.4 Å². The van der Waals surface area contributed by atoms with Crippen LogP contribution in [0.4, 0.5) is 5.69 Å². The van der Waals surface area contributed by atoms with Gasteiger partial charge < -0.3 is 29.8 Å². The van der Waals surface area contributed by atoms with E-state index in [1.807, 2.05) is 31.2 Å². The molecule has 2 heterocycles. The summed E-state index contributed by atoms with van der Waals surface area (Å²) in [4.78, 5) is 18.4. The molecule has 1 aromatic heterocycles. The van der Waals surface area contributed by atoms with Gasteiger partial charge in [0, 0.05) is 19.6 Å². The Balaban J connectivity index is 0.00000320. The van der Waals surface area contributed by atoms with E-state index in [0.717, 1.165) is 17.9 Å². The van der Waals surface area contributed by atoms with Gasteiger partial charge in [-0.15, -0.1) is 24.0 Å². The van der Waals surface area contributed by atoms with Crippen molar-refractivity contribution in [2.45, 2.75) is 25.9 Å².